The lowest BCUT2D eigenvalue weighted by atomic mass is 9.65. The lowest BCUT2D eigenvalue weighted by Gasteiger charge is -2.38. The summed E-state index contributed by atoms with van der Waals surface area (Å²) >= 11 is 0. The quantitative estimate of drug-likeness (QED) is 0.0948. The average Bonchev–Trinajstić information content (AvgIpc) is 3.65. The molecule has 1 saturated carbocycles. The summed E-state index contributed by atoms with van der Waals surface area (Å²) in [7, 11) is 7.49. The Kier molecular flexibility index (Phi) is 11.1. The van der Waals surface area contributed by atoms with Crippen LogP contribution in [0.3, 0.4) is 0 Å². The normalized spacial score (nSPS) is 15.3. The number of aromatic nitrogens is 4. The molecule has 0 amide bonds. The van der Waals surface area contributed by atoms with Crippen molar-refractivity contribution in [1.29, 1.82) is 0 Å². The van der Waals surface area contributed by atoms with Gasteiger partial charge in [-0.05, 0) is 61.1 Å². The fourth-order valence-electron chi connectivity index (χ4n) is 6.83. The fraction of sp³-hybridized carbons (Fsp3) is 0.474. The zero-order chi connectivity index (χ0) is 32.5. The van der Waals surface area contributed by atoms with Crippen LogP contribution in [0.25, 0.3) is 0 Å². The summed E-state index contributed by atoms with van der Waals surface area (Å²) in [6, 6.07) is 17.6. The Morgan fingerprint density at radius 2 is 1.09 bits per heavy atom. The van der Waals surface area contributed by atoms with E-state index >= 15 is 0 Å². The molecule has 1 aliphatic rings. The van der Waals surface area contributed by atoms with Crippen molar-refractivity contribution in [3.8, 4) is 0 Å². The minimum Gasteiger partial charge on any atom is -0.475 e. The van der Waals surface area contributed by atoms with E-state index in [2.05, 4.69) is 105 Å². The van der Waals surface area contributed by atoms with Crippen molar-refractivity contribution < 1.29 is 18.6 Å². The van der Waals surface area contributed by atoms with Crippen LogP contribution in [-0.4, -0.2) is 35.1 Å². The second kappa shape index (κ2) is 15.4. The van der Waals surface area contributed by atoms with Crippen LogP contribution in [0.4, 0.5) is 11.4 Å². The standard InChI is InChI=1S/C38H52N6O2/c1-7-9-24-43-28-26-41(3)36(43)34(45-5)39-32-18-14-30(15-19-32)38(22-12-11-13-23-38)31-16-20-33(21-17-31)40-35(46-6)37-42(4)27-29-44(37)25-10-8-2/h14-21,26-29H,7-13,22-25H2,1-6H3/q+2. The van der Waals surface area contributed by atoms with Crippen molar-refractivity contribution in [1.82, 2.24) is 9.13 Å². The molecular weight excluding hydrogens is 572 g/mol. The molecule has 5 rings (SSSR count). The number of unbranched alkanes of at least 4 members (excludes halogenated alkanes) is 2. The number of aryl methyl sites for hydroxylation is 4. The van der Waals surface area contributed by atoms with Gasteiger partial charge < -0.3 is 9.47 Å². The number of hydrogen-bond donors (Lipinski definition) is 0. The molecule has 2 aromatic heterocycles. The Morgan fingerprint density at radius 1 is 0.674 bits per heavy atom. The monoisotopic (exact) mass is 624 g/mol. The van der Waals surface area contributed by atoms with Gasteiger partial charge in [0, 0.05) is 5.41 Å². The highest BCUT2D eigenvalue weighted by Crippen LogP contribution is 2.45. The number of ether oxygens (including phenoxy) is 2. The number of hydrogen-bond acceptors (Lipinski definition) is 4. The van der Waals surface area contributed by atoms with E-state index in [1.165, 1.54) is 30.4 Å². The van der Waals surface area contributed by atoms with Gasteiger partial charge in [-0.3, -0.25) is 0 Å². The van der Waals surface area contributed by atoms with E-state index < -0.39 is 0 Å². The maximum atomic E-state index is 5.82. The molecule has 4 aromatic rings. The zero-order valence-electron chi connectivity index (χ0n) is 28.7. The van der Waals surface area contributed by atoms with Crippen LogP contribution in [0.2, 0.25) is 0 Å². The number of nitrogens with zero attached hydrogens (tertiary/aromatic N) is 6. The summed E-state index contributed by atoms with van der Waals surface area (Å²) < 4.78 is 20.3. The lowest BCUT2D eigenvalue weighted by Crippen LogP contribution is -2.36. The first-order chi connectivity index (χ1) is 22.4. The number of imidazole rings is 2. The summed E-state index contributed by atoms with van der Waals surface area (Å²) in [4.78, 5) is 9.90. The van der Waals surface area contributed by atoms with E-state index in [0.717, 1.165) is 74.6 Å². The van der Waals surface area contributed by atoms with Gasteiger partial charge in [0.1, 0.15) is 24.8 Å². The van der Waals surface area contributed by atoms with Crippen molar-refractivity contribution in [2.45, 2.75) is 90.1 Å². The molecule has 0 N–H and O–H groups in total. The van der Waals surface area contributed by atoms with E-state index in [-0.39, 0.29) is 5.41 Å². The van der Waals surface area contributed by atoms with E-state index in [9.17, 15) is 0 Å². The van der Waals surface area contributed by atoms with E-state index in [0.29, 0.717) is 11.8 Å². The summed E-state index contributed by atoms with van der Waals surface area (Å²) in [5.41, 5.74) is 4.44. The third-order valence-electron chi connectivity index (χ3n) is 9.44. The Bertz CT molecular complexity index is 1510. The highest BCUT2D eigenvalue weighted by Gasteiger charge is 2.36. The minimum atomic E-state index is -0.0283. The molecule has 0 unspecified atom stereocenters. The molecule has 1 aliphatic carbocycles. The highest BCUT2D eigenvalue weighted by molar-refractivity contribution is 5.92. The molecule has 244 valence electrons. The van der Waals surface area contributed by atoms with Crippen molar-refractivity contribution in [2.75, 3.05) is 14.2 Å². The first-order valence-electron chi connectivity index (χ1n) is 17.0. The molecule has 0 radical (unpaired) electrons. The van der Waals surface area contributed by atoms with Gasteiger partial charge in [-0.1, -0.05) is 70.2 Å². The van der Waals surface area contributed by atoms with Crippen LogP contribution in [-0.2, 0) is 42.1 Å². The van der Waals surface area contributed by atoms with Crippen molar-refractivity contribution in [3.05, 3.63) is 96.1 Å². The SMILES string of the molecule is CCCCn1cc[n+](C)c1C(=Nc1ccc(C2(c3ccc(N=C(OC)c4n(CCCC)cc[n+]4C)cc3)CCCCC2)cc1)OC. The van der Waals surface area contributed by atoms with Gasteiger partial charge in [0.15, 0.2) is 0 Å². The Balaban J connectivity index is 1.43. The van der Waals surface area contributed by atoms with Crippen LogP contribution in [0.1, 0.15) is 94.4 Å². The lowest BCUT2D eigenvalue weighted by molar-refractivity contribution is -0.673. The summed E-state index contributed by atoms with van der Waals surface area (Å²) in [5.74, 6) is 3.21. The summed E-state index contributed by atoms with van der Waals surface area (Å²) in [5, 5.41) is 0. The molecular formula is C38H52N6O2+2. The fourth-order valence-corrected chi connectivity index (χ4v) is 6.83. The topological polar surface area (TPSA) is 60.8 Å². The molecule has 8 nitrogen and oxygen atoms in total. The number of rotatable bonds is 12. The Morgan fingerprint density at radius 3 is 1.46 bits per heavy atom. The molecule has 2 heterocycles. The smallest absolute Gasteiger partial charge is 0.345 e. The summed E-state index contributed by atoms with van der Waals surface area (Å²) in [6.45, 7) is 6.31. The van der Waals surface area contributed by atoms with Crippen LogP contribution in [0, 0.1) is 0 Å². The third-order valence-corrected chi connectivity index (χ3v) is 9.44. The van der Waals surface area contributed by atoms with Gasteiger partial charge in [0.2, 0.25) is 0 Å². The molecule has 0 aliphatic heterocycles. The largest absolute Gasteiger partial charge is 0.475 e. The number of aliphatic imine (C=N–C) groups is 2. The van der Waals surface area contributed by atoms with Gasteiger partial charge in [0.25, 0.3) is 0 Å². The van der Waals surface area contributed by atoms with E-state index in [4.69, 9.17) is 19.5 Å². The van der Waals surface area contributed by atoms with Gasteiger partial charge in [0.05, 0.1) is 52.8 Å². The number of benzene rings is 2. The summed E-state index contributed by atoms with van der Waals surface area (Å²) in [6.07, 6.45) is 18.8. The Hall–Kier alpha value is -4.20. The maximum absolute atomic E-state index is 5.82. The van der Waals surface area contributed by atoms with Crippen molar-refractivity contribution in [2.24, 2.45) is 24.1 Å². The average molecular weight is 625 g/mol. The van der Waals surface area contributed by atoms with Gasteiger partial charge in [-0.25, -0.2) is 28.3 Å². The van der Waals surface area contributed by atoms with Crippen LogP contribution in [0.5, 0.6) is 0 Å². The molecule has 0 saturated heterocycles. The van der Waals surface area contributed by atoms with Crippen LogP contribution < -0.4 is 9.13 Å². The zero-order valence-corrected chi connectivity index (χ0v) is 28.7. The molecule has 8 heteroatoms. The minimum absolute atomic E-state index is 0.0283. The first-order valence-corrected chi connectivity index (χ1v) is 17.0. The predicted octanol–water partition coefficient (Wildman–Crippen LogP) is 7.24. The van der Waals surface area contributed by atoms with Crippen molar-refractivity contribution in [3.63, 3.8) is 0 Å². The van der Waals surface area contributed by atoms with Gasteiger partial charge >= 0.3 is 23.4 Å². The molecule has 46 heavy (non-hydrogen) atoms. The van der Waals surface area contributed by atoms with E-state index in [1.807, 2.05) is 14.1 Å². The van der Waals surface area contributed by atoms with Gasteiger partial charge in [-0.2, -0.15) is 0 Å². The predicted molar refractivity (Wildman–Crippen MR) is 184 cm³/mol. The van der Waals surface area contributed by atoms with Crippen LogP contribution in [0.15, 0.2) is 83.3 Å². The Labute approximate surface area is 275 Å². The van der Waals surface area contributed by atoms with Crippen molar-refractivity contribution >= 4 is 23.2 Å². The molecule has 0 spiro atoms. The molecule has 0 atom stereocenters. The van der Waals surface area contributed by atoms with E-state index in [1.54, 1.807) is 14.2 Å². The molecule has 1 fully saturated rings. The molecule has 2 aromatic carbocycles. The second-order valence-electron chi connectivity index (χ2n) is 12.5. The maximum Gasteiger partial charge on any atom is 0.345 e. The van der Waals surface area contributed by atoms with Gasteiger partial charge in [-0.15, -0.1) is 0 Å². The first kappa shape index (κ1) is 33.2. The number of methoxy groups -OCH3 is 2. The second-order valence-corrected chi connectivity index (χ2v) is 12.5. The third kappa shape index (κ3) is 7.11. The molecule has 0 bridgehead atoms. The van der Waals surface area contributed by atoms with Crippen LogP contribution >= 0.6 is 0 Å². The highest BCUT2D eigenvalue weighted by atomic mass is 16.5.